The Morgan fingerprint density at radius 3 is 1.69 bits per heavy atom. The zero-order valence-corrected chi connectivity index (χ0v) is 19.7. The van der Waals surface area contributed by atoms with E-state index in [1.54, 1.807) is 0 Å². The van der Waals surface area contributed by atoms with Gasteiger partial charge >= 0.3 is 0 Å². The van der Waals surface area contributed by atoms with Crippen molar-refractivity contribution in [3.63, 3.8) is 0 Å². The molecule has 0 spiro atoms. The largest absolute Gasteiger partial charge is 0.356 e. The van der Waals surface area contributed by atoms with Crippen LogP contribution in [0.15, 0.2) is 137 Å². The van der Waals surface area contributed by atoms with E-state index in [1.807, 2.05) is 66.8 Å². The van der Waals surface area contributed by atoms with Crippen molar-refractivity contribution in [2.75, 3.05) is 10.6 Å². The maximum atomic E-state index is 4.73. The minimum Gasteiger partial charge on any atom is -0.356 e. The predicted octanol–water partition coefficient (Wildman–Crippen LogP) is 8.29. The molecule has 5 rings (SSSR count). The van der Waals surface area contributed by atoms with Crippen LogP contribution in [0.1, 0.15) is 13.3 Å². The summed E-state index contributed by atoms with van der Waals surface area (Å²) in [6, 6.07) is 26.5. The van der Waals surface area contributed by atoms with E-state index in [0.717, 1.165) is 52.0 Å². The quantitative estimate of drug-likeness (QED) is 0.367. The molecule has 1 atom stereocenters. The summed E-state index contributed by atoms with van der Waals surface area (Å²) in [6.07, 6.45) is 15.6. The van der Waals surface area contributed by atoms with Crippen molar-refractivity contribution < 1.29 is 0 Å². The number of allylic oxidation sites excluding steroid dienone is 7. The lowest BCUT2D eigenvalue weighted by Gasteiger charge is -2.10. The molecule has 172 valence electrons. The minimum absolute atomic E-state index is 0.543. The molecule has 0 saturated heterocycles. The fraction of sp³-hybridized carbons (Fsp3) is 0.0968. The number of benzene rings is 3. The molecule has 4 nitrogen and oxygen atoms in total. The van der Waals surface area contributed by atoms with Gasteiger partial charge in [0, 0.05) is 22.7 Å². The molecule has 4 heteroatoms. The summed E-state index contributed by atoms with van der Waals surface area (Å²) in [5, 5.41) is 6.84. The average molecular weight is 457 g/mol. The SMILES string of the molecule is CC1C=C(N=C2C=CC(=Nc3ccc(Nc4ccc(Nc5ccccc5)cc4)cc3)C=C2)C=CC1. The van der Waals surface area contributed by atoms with Gasteiger partial charge in [-0.3, -0.25) is 0 Å². The number of nitrogens with zero attached hydrogens (tertiary/aromatic N) is 2. The van der Waals surface area contributed by atoms with Crippen molar-refractivity contribution in [2.45, 2.75) is 13.3 Å². The smallest absolute Gasteiger partial charge is 0.0638 e. The highest BCUT2D eigenvalue weighted by molar-refractivity contribution is 6.19. The molecule has 0 heterocycles. The van der Waals surface area contributed by atoms with Crippen LogP contribution in [0.2, 0.25) is 0 Å². The van der Waals surface area contributed by atoms with Crippen LogP contribution in [0.5, 0.6) is 0 Å². The fourth-order valence-corrected chi connectivity index (χ4v) is 3.90. The van der Waals surface area contributed by atoms with E-state index >= 15 is 0 Å². The fourth-order valence-electron chi connectivity index (χ4n) is 3.90. The van der Waals surface area contributed by atoms with Crippen molar-refractivity contribution in [3.05, 3.63) is 127 Å². The van der Waals surface area contributed by atoms with E-state index < -0.39 is 0 Å². The molecule has 35 heavy (non-hydrogen) atoms. The third-order valence-electron chi connectivity index (χ3n) is 5.72. The van der Waals surface area contributed by atoms with E-state index in [1.165, 1.54) is 0 Å². The third kappa shape index (κ3) is 6.33. The summed E-state index contributed by atoms with van der Waals surface area (Å²) in [5.74, 6) is 0.543. The normalized spacial score (nSPS) is 16.6. The van der Waals surface area contributed by atoms with Gasteiger partial charge in [-0.2, -0.15) is 0 Å². The van der Waals surface area contributed by atoms with Gasteiger partial charge < -0.3 is 10.6 Å². The van der Waals surface area contributed by atoms with Gasteiger partial charge in [-0.15, -0.1) is 0 Å². The van der Waals surface area contributed by atoms with Crippen molar-refractivity contribution in [2.24, 2.45) is 15.9 Å². The highest BCUT2D eigenvalue weighted by Crippen LogP contribution is 2.24. The van der Waals surface area contributed by atoms with Gasteiger partial charge in [-0.1, -0.05) is 37.3 Å². The highest BCUT2D eigenvalue weighted by atomic mass is 14.9. The molecule has 2 aliphatic carbocycles. The molecule has 0 amide bonds. The molecule has 1 unspecified atom stereocenters. The summed E-state index contributed by atoms with van der Waals surface area (Å²) in [4.78, 5) is 9.45. The van der Waals surface area contributed by atoms with E-state index in [-0.39, 0.29) is 0 Å². The first kappa shape index (κ1) is 22.4. The highest BCUT2D eigenvalue weighted by Gasteiger charge is 2.05. The first-order chi connectivity index (χ1) is 17.2. The van der Waals surface area contributed by atoms with E-state index in [0.29, 0.717) is 5.92 Å². The molecule has 0 fully saturated rings. The lowest BCUT2D eigenvalue weighted by atomic mass is 10.0. The summed E-state index contributed by atoms with van der Waals surface area (Å²) >= 11 is 0. The van der Waals surface area contributed by atoms with Gasteiger partial charge in [0.2, 0.25) is 0 Å². The van der Waals surface area contributed by atoms with Gasteiger partial charge in [0.1, 0.15) is 0 Å². The van der Waals surface area contributed by atoms with Gasteiger partial charge in [0.05, 0.1) is 22.8 Å². The molecule has 0 bridgehead atoms. The first-order valence-corrected chi connectivity index (χ1v) is 11.9. The van der Waals surface area contributed by atoms with Crippen LogP contribution in [-0.2, 0) is 0 Å². The van der Waals surface area contributed by atoms with Gasteiger partial charge in [-0.05, 0) is 103 Å². The second kappa shape index (κ2) is 10.7. The zero-order chi connectivity index (χ0) is 23.9. The average Bonchev–Trinajstić information content (AvgIpc) is 2.88. The van der Waals surface area contributed by atoms with Crippen molar-refractivity contribution in [3.8, 4) is 0 Å². The lowest BCUT2D eigenvalue weighted by Crippen LogP contribution is -2.01. The summed E-state index contributed by atoms with van der Waals surface area (Å²) in [6.45, 7) is 2.21. The molecular formula is C31H28N4. The third-order valence-corrected chi connectivity index (χ3v) is 5.72. The van der Waals surface area contributed by atoms with Gasteiger partial charge in [-0.25, -0.2) is 9.98 Å². The summed E-state index contributed by atoms with van der Waals surface area (Å²) in [5.41, 5.74) is 7.97. The van der Waals surface area contributed by atoms with Crippen LogP contribution < -0.4 is 10.6 Å². The summed E-state index contributed by atoms with van der Waals surface area (Å²) < 4.78 is 0. The number of rotatable bonds is 6. The number of hydrogen-bond acceptors (Lipinski definition) is 4. The van der Waals surface area contributed by atoms with Crippen LogP contribution in [-0.4, -0.2) is 11.4 Å². The van der Waals surface area contributed by atoms with E-state index in [9.17, 15) is 0 Å². The first-order valence-electron chi connectivity index (χ1n) is 11.9. The van der Waals surface area contributed by atoms with Crippen molar-refractivity contribution >= 4 is 39.9 Å². The lowest BCUT2D eigenvalue weighted by molar-refractivity contribution is 0.728. The summed E-state index contributed by atoms with van der Waals surface area (Å²) in [7, 11) is 0. The molecule has 2 aliphatic rings. The molecule has 0 radical (unpaired) electrons. The molecule has 0 saturated carbocycles. The molecular weight excluding hydrogens is 428 g/mol. The van der Waals surface area contributed by atoms with Crippen LogP contribution in [0.3, 0.4) is 0 Å². The maximum absolute atomic E-state index is 4.73. The standard InChI is InChI=1S/C31H28N4/c1-23-6-5-9-31(22-23)35-30-20-18-29(19-21-30)34-28-16-14-27(15-17-28)33-26-12-10-25(11-13-26)32-24-7-3-2-4-8-24/h2-5,7-23,32-33H,6H2,1H3. The topological polar surface area (TPSA) is 48.8 Å². The zero-order valence-electron chi connectivity index (χ0n) is 19.7. The Morgan fingerprint density at radius 1 is 0.600 bits per heavy atom. The molecule has 0 aromatic heterocycles. The van der Waals surface area contributed by atoms with Crippen molar-refractivity contribution in [1.82, 2.24) is 0 Å². The van der Waals surface area contributed by atoms with E-state index in [2.05, 4.69) is 72.2 Å². The van der Waals surface area contributed by atoms with Crippen molar-refractivity contribution in [1.29, 1.82) is 0 Å². The Hall–Kier alpha value is -4.44. The second-order valence-electron chi connectivity index (χ2n) is 8.69. The number of nitrogens with one attached hydrogen (secondary N) is 2. The number of aliphatic imine (C=N–C) groups is 2. The van der Waals surface area contributed by atoms with E-state index in [4.69, 9.17) is 9.98 Å². The Bertz CT molecular complexity index is 1320. The molecule has 3 aromatic carbocycles. The number of para-hydroxylation sites is 1. The Kier molecular flexibility index (Phi) is 6.81. The number of anilines is 4. The number of hydrogen-bond donors (Lipinski definition) is 2. The Balaban J connectivity index is 1.18. The monoisotopic (exact) mass is 456 g/mol. The molecule has 0 aliphatic heterocycles. The predicted molar refractivity (Wildman–Crippen MR) is 150 cm³/mol. The minimum atomic E-state index is 0.543. The van der Waals surface area contributed by atoms with Crippen LogP contribution in [0, 0.1) is 5.92 Å². The second-order valence-corrected chi connectivity index (χ2v) is 8.69. The Morgan fingerprint density at radius 2 is 1.11 bits per heavy atom. The van der Waals surface area contributed by atoms with Gasteiger partial charge in [0.25, 0.3) is 0 Å². The Labute approximate surface area is 206 Å². The maximum Gasteiger partial charge on any atom is 0.0638 e. The molecule has 2 N–H and O–H groups in total. The van der Waals surface area contributed by atoms with Crippen LogP contribution in [0.25, 0.3) is 0 Å². The van der Waals surface area contributed by atoms with Crippen LogP contribution >= 0.6 is 0 Å². The van der Waals surface area contributed by atoms with Crippen LogP contribution in [0.4, 0.5) is 28.4 Å². The van der Waals surface area contributed by atoms with Gasteiger partial charge in [0.15, 0.2) is 0 Å². The molecule has 3 aromatic rings.